The Morgan fingerprint density at radius 3 is 2.84 bits per heavy atom. The molecule has 2 heterocycles. The van der Waals surface area contributed by atoms with Crippen LogP contribution in [0.25, 0.3) is 0 Å². The fourth-order valence-corrected chi connectivity index (χ4v) is 4.35. The highest BCUT2D eigenvalue weighted by molar-refractivity contribution is 5.80. The van der Waals surface area contributed by atoms with Crippen molar-refractivity contribution < 1.29 is 14.6 Å². The lowest BCUT2D eigenvalue weighted by atomic mass is 10.1. The van der Waals surface area contributed by atoms with E-state index < -0.39 is 0 Å². The zero-order valence-electron chi connectivity index (χ0n) is 18.3. The van der Waals surface area contributed by atoms with Crippen molar-refractivity contribution in [3.63, 3.8) is 0 Å². The van der Waals surface area contributed by atoms with E-state index in [9.17, 15) is 5.11 Å². The largest absolute Gasteiger partial charge is 0.508 e. The van der Waals surface area contributed by atoms with Crippen LogP contribution in [0.4, 0.5) is 0 Å². The molecule has 31 heavy (non-hydrogen) atoms. The van der Waals surface area contributed by atoms with Gasteiger partial charge in [0.1, 0.15) is 11.5 Å². The third-order valence-electron chi connectivity index (χ3n) is 5.97. The predicted molar refractivity (Wildman–Crippen MR) is 121 cm³/mol. The van der Waals surface area contributed by atoms with Crippen molar-refractivity contribution in [2.24, 2.45) is 4.99 Å². The number of fused-ring (bicyclic) bond motifs is 1. The van der Waals surface area contributed by atoms with Gasteiger partial charge in [-0.15, -0.1) is 0 Å². The second kappa shape index (κ2) is 10.0. The van der Waals surface area contributed by atoms with E-state index in [1.165, 1.54) is 5.56 Å². The average molecular weight is 425 g/mol. The third-order valence-corrected chi connectivity index (χ3v) is 5.97. The number of phenols is 1. The van der Waals surface area contributed by atoms with E-state index in [4.69, 9.17) is 14.5 Å². The second-order valence-electron chi connectivity index (χ2n) is 8.00. The van der Waals surface area contributed by atoms with Gasteiger partial charge in [-0.25, -0.2) is 4.99 Å². The number of rotatable bonds is 6. The summed E-state index contributed by atoms with van der Waals surface area (Å²) in [6.45, 7) is 7.54. The lowest BCUT2D eigenvalue weighted by Gasteiger charge is -2.36. The molecule has 166 valence electrons. The first-order valence-electron chi connectivity index (χ1n) is 11.0. The molecule has 0 bridgehead atoms. The molecule has 0 aromatic heterocycles. The van der Waals surface area contributed by atoms with Crippen LogP contribution < -0.4 is 10.1 Å². The minimum Gasteiger partial charge on any atom is -0.508 e. The maximum absolute atomic E-state index is 10.2. The molecular formula is C24H32N4O3. The number of morpholine rings is 1. The molecule has 0 aliphatic carbocycles. The lowest BCUT2D eigenvalue weighted by Crippen LogP contribution is -2.50. The number of nitrogens with zero attached hydrogens (tertiary/aromatic N) is 3. The molecule has 2 unspecified atom stereocenters. The van der Waals surface area contributed by atoms with Crippen LogP contribution >= 0.6 is 0 Å². The molecule has 7 heteroatoms. The number of hydrogen-bond donors (Lipinski definition) is 2. The van der Waals surface area contributed by atoms with Gasteiger partial charge in [0.05, 0.1) is 32.4 Å². The molecule has 2 aromatic rings. The van der Waals surface area contributed by atoms with E-state index in [0.717, 1.165) is 50.9 Å². The molecule has 2 aliphatic heterocycles. The van der Waals surface area contributed by atoms with Crippen molar-refractivity contribution in [2.45, 2.75) is 32.2 Å². The molecule has 2 aliphatic rings. The quantitative estimate of drug-likeness (QED) is 0.548. The van der Waals surface area contributed by atoms with Crippen LogP contribution in [-0.4, -0.2) is 72.9 Å². The molecule has 2 fully saturated rings. The van der Waals surface area contributed by atoms with E-state index in [1.807, 2.05) is 6.07 Å². The molecule has 7 nitrogen and oxygen atoms in total. The van der Waals surface area contributed by atoms with Crippen LogP contribution in [0.15, 0.2) is 53.5 Å². The summed E-state index contributed by atoms with van der Waals surface area (Å²) in [6.07, 6.45) is 0.173. The number of guanidine groups is 1. The van der Waals surface area contributed by atoms with Gasteiger partial charge in [-0.05, 0) is 30.7 Å². The van der Waals surface area contributed by atoms with Crippen LogP contribution in [0.1, 0.15) is 18.1 Å². The Morgan fingerprint density at radius 2 is 2.06 bits per heavy atom. The third kappa shape index (κ3) is 5.11. The number of likely N-dealkylation sites (tertiary alicyclic amines) is 1. The highest BCUT2D eigenvalue weighted by Crippen LogP contribution is 2.26. The van der Waals surface area contributed by atoms with E-state index in [-0.39, 0.29) is 11.9 Å². The van der Waals surface area contributed by atoms with Crippen LogP contribution in [-0.2, 0) is 17.8 Å². The standard InChI is InChI=1S/C24H32N4O3/c1-3-25-24(26-14-19-13-20(30-2)9-10-22(19)29)28-16-21-23(17-28)31-12-11-27(21)15-18-7-5-4-6-8-18/h4-10,13,21,23,29H,3,11-12,14-17H2,1-2H3,(H,25,26). The molecule has 0 saturated carbocycles. The number of phenolic OH excluding ortho intramolecular Hbond substituents is 1. The van der Waals surface area contributed by atoms with Crippen molar-refractivity contribution in [2.75, 3.05) is 39.9 Å². The number of aromatic hydroxyl groups is 1. The average Bonchev–Trinajstić information content (AvgIpc) is 3.23. The molecule has 0 spiro atoms. The number of aliphatic imine (C=N–C) groups is 1. The maximum Gasteiger partial charge on any atom is 0.194 e. The van der Waals surface area contributed by atoms with E-state index in [1.54, 1.807) is 19.2 Å². The number of nitrogens with one attached hydrogen (secondary N) is 1. The first-order chi connectivity index (χ1) is 15.2. The summed E-state index contributed by atoms with van der Waals surface area (Å²) in [5.74, 6) is 1.79. The van der Waals surface area contributed by atoms with E-state index in [0.29, 0.717) is 18.3 Å². The smallest absolute Gasteiger partial charge is 0.194 e. The highest BCUT2D eigenvalue weighted by atomic mass is 16.5. The number of methoxy groups -OCH3 is 1. The van der Waals surface area contributed by atoms with Gasteiger partial charge in [0.2, 0.25) is 0 Å². The minimum absolute atomic E-state index is 0.173. The topological polar surface area (TPSA) is 69.6 Å². The molecule has 0 amide bonds. The van der Waals surface area contributed by atoms with Crippen molar-refractivity contribution in [1.82, 2.24) is 15.1 Å². The number of ether oxygens (including phenoxy) is 2. The van der Waals surface area contributed by atoms with E-state index in [2.05, 4.69) is 52.4 Å². The van der Waals surface area contributed by atoms with E-state index >= 15 is 0 Å². The number of benzene rings is 2. The Bertz CT molecular complexity index is 890. The van der Waals surface area contributed by atoms with Crippen molar-refractivity contribution in [1.29, 1.82) is 0 Å². The van der Waals surface area contributed by atoms with Gasteiger partial charge in [-0.2, -0.15) is 0 Å². The Balaban J connectivity index is 1.47. The van der Waals surface area contributed by atoms with Gasteiger partial charge in [-0.1, -0.05) is 30.3 Å². The van der Waals surface area contributed by atoms with Crippen LogP contribution in [0.2, 0.25) is 0 Å². The summed E-state index contributed by atoms with van der Waals surface area (Å²) in [7, 11) is 1.62. The fraction of sp³-hybridized carbons (Fsp3) is 0.458. The predicted octanol–water partition coefficient (Wildman–Crippen LogP) is 2.45. The highest BCUT2D eigenvalue weighted by Gasteiger charge is 2.41. The summed E-state index contributed by atoms with van der Waals surface area (Å²) in [6, 6.07) is 16.2. The SMILES string of the molecule is CCNC(=NCc1cc(OC)ccc1O)N1CC2OCCN(Cc3ccccc3)C2C1. The molecular weight excluding hydrogens is 392 g/mol. The van der Waals surface area contributed by atoms with Gasteiger partial charge in [-0.3, -0.25) is 4.90 Å². The first kappa shape index (κ1) is 21.5. The second-order valence-corrected chi connectivity index (χ2v) is 8.00. The van der Waals surface area contributed by atoms with Crippen molar-refractivity contribution in [3.05, 3.63) is 59.7 Å². The Kier molecular flexibility index (Phi) is 6.94. The minimum atomic E-state index is 0.173. The van der Waals surface area contributed by atoms with Crippen molar-refractivity contribution >= 4 is 5.96 Å². The van der Waals surface area contributed by atoms with Crippen LogP contribution in [0, 0.1) is 0 Å². The summed E-state index contributed by atoms with van der Waals surface area (Å²) in [5, 5.41) is 13.6. The summed E-state index contributed by atoms with van der Waals surface area (Å²) >= 11 is 0. The summed E-state index contributed by atoms with van der Waals surface area (Å²) in [5.41, 5.74) is 2.07. The van der Waals surface area contributed by atoms with Crippen LogP contribution in [0.5, 0.6) is 11.5 Å². The van der Waals surface area contributed by atoms with Crippen molar-refractivity contribution in [3.8, 4) is 11.5 Å². The molecule has 4 rings (SSSR count). The Hall–Kier alpha value is -2.77. The van der Waals surface area contributed by atoms with Gasteiger partial charge >= 0.3 is 0 Å². The monoisotopic (exact) mass is 424 g/mol. The van der Waals surface area contributed by atoms with Gasteiger partial charge in [0.25, 0.3) is 0 Å². The Morgan fingerprint density at radius 1 is 1.23 bits per heavy atom. The summed E-state index contributed by atoms with van der Waals surface area (Å²) in [4.78, 5) is 9.62. The fourth-order valence-electron chi connectivity index (χ4n) is 4.35. The molecule has 2 saturated heterocycles. The van der Waals surface area contributed by atoms with Gasteiger partial charge < -0.3 is 24.8 Å². The summed E-state index contributed by atoms with van der Waals surface area (Å²) < 4.78 is 11.4. The molecule has 2 N–H and O–H groups in total. The first-order valence-corrected chi connectivity index (χ1v) is 11.0. The zero-order chi connectivity index (χ0) is 21.6. The molecule has 2 atom stereocenters. The van der Waals surface area contributed by atoms with Gasteiger partial charge in [0.15, 0.2) is 5.96 Å². The Labute approximate surface area is 184 Å². The van der Waals surface area contributed by atoms with Gasteiger partial charge in [0, 0.05) is 38.3 Å². The normalized spacial score (nSPS) is 21.7. The zero-order valence-corrected chi connectivity index (χ0v) is 18.3. The lowest BCUT2D eigenvalue weighted by molar-refractivity contribution is -0.0502. The van der Waals surface area contributed by atoms with Crippen LogP contribution in [0.3, 0.4) is 0 Å². The number of hydrogen-bond acceptors (Lipinski definition) is 5. The molecule has 0 radical (unpaired) electrons. The maximum atomic E-state index is 10.2. The molecule has 2 aromatic carbocycles.